The highest BCUT2D eigenvalue weighted by Gasteiger charge is 2.50. The highest BCUT2D eigenvalue weighted by atomic mass is 16.7. The highest BCUT2D eigenvalue weighted by molar-refractivity contribution is 6.31. The number of Topliss-reactive ketones (excluding diaryl/α,β-unsaturated/α-hetero) is 1. The molecule has 23 heteroatoms. The fraction of sp³-hybridized carbons (Fsp3) is 0.449. The van der Waals surface area contributed by atoms with Crippen LogP contribution in [-0.2, 0) is 55.9 Å². The minimum Gasteiger partial charge on any atom is -0.508 e. The maximum absolute atomic E-state index is 14.0. The minimum absolute atomic E-state index is 0.00604. The van der Waals surface area contributed by atoms with Gasteiger partial charge in [0.15, 0.2) is 24.5 Å². The first-order valence-corrected chi connectivity index (χ1v) is 23.0. The van der Waals surface area contributed by atoms with Crippen LogP contribution < -0.4 is 31.7 Å². The summed E-state index contributed by atoms with van der Waals surface area (Å²) in [6.45, 7) is 4.58. The Bertz CT molecular complexity index is 2670. The summed E-state index contributed by atoms with van der Waals surface area (Å²) in [6, 6.07) is 6.97. The third-order valence-electron chi connectivity index (χ3n) is 12.7. The summed E-state index contributed by atoms with van der Waals surface area (Å²) in [6.07, 6.45) is -5.52. The zero-order chi connectivity index (χ0) is 52.8. The van der Waals surface area contributed by atoms with Gasteiger partial charge in [0.1, 0.15) is 46.8 Å². The Labute approximate surface area is 412 Å². The van der Waals surface area contributed by atoms with Crippen molar-refractivity contribution in [3.8, 4) is 23.0 Å². The number of aromatic hydroxyl groups is 3. The fourth-order valence-electron chi connectivity index (χ4n) is 8.82. The third-order valence-corrected chi connectivity index (χ3v) is 12.7. The number of ether oxygens (including phenoxy) is 3. The van der Waals surface area contributed by atoms with Gasteiger partial charge in [-0.3, -0.25) is 38.4 Å². The standard InChI is InChI=1S/C49H58N6O17/c1-22(55-70-21-36(60)52-23(2)47(66)54-31(48(67)51-20-34(50)58)16-26-12-14-27(57)15-13-26)8-6-11-35(59)53-30-17-37(71-24(3)42(30)61)72-33-19-49(68,25(4)56)18-29-39(33)46(65)41-40(44(29)63)43(62)28-9-7-10-32(69-5)38(28)45(41)64/h7,9-10,12-15,23-24,30-31,33,37,42,57,61,63,65,68H,6,8,11,16-21H2,1-5H3,(H2,50,58)(H,51,67)(H,52,60)(H,53,59)(H,54,66)/t23-,24?,30?,31-,33-,37?,42?,49-/m0/s1. The summed E-state index contributed by atoms with van der Waals surface area (Å²) in [7, 11) is 1.30. The van der Waals surface area contributed by atoms with Crippen LogP contribution in [-0.4, -0.2) is 141 Å². The smallest absolute Gasteiger partial charge is 0.261 e. The Morgan fingerprint density at radius 3 is 2.28 bits per heavy atom. The van der Waals surface area contributed by atoms with Crippen LogP contribution in [0.3, 0.4) is 0 Å². The topological polar surface area (TPSA) is 361 Å². The molecule has 3 aromatic rings. The number of ketones is 3. The normalized spacial score (nSPS) is 22.2. The van der Waals surface area contributed by atoms with Gasteiger partial charge in [-0.05, 0) is 64.3 Å². The molecule has 23 nitrogen and oxygen atoms in total. The number of nitrogens with one attached hydrogen (secondary N) is 4. The summed E-state index contributed by atoms with van der Waals surface area (Å²) in [5.41, 5.74) is 2.39. The maximum Gasteiger partial charge on any atom is 0.261 e. The number of fused-ring (bicyclic) bond motifs is 3. The average Bonchev–Trinajstić information content (AvgIpc) is 3.32. The highest BCUT2D eigenvalue weighted by Crippen LogP contribution is 2.52. The number of benzene rings is 3. The molecule has 1 saturated heterocycles. The van der Waals surface area contributed by atoms with Crippen LogP contribution in [0.2, 0.25) is 0 Å². The van der Waals surface area contributed by atoms with Gasteiger partial charge >= 0.3 is 0 Å². The Balaban J connectivity index is 1.02. The van der Waals surface area contributed by atoms with E-state index in [2.05, 4.69) is 26.4 Å². The van der Waals surface area contributed by atoms with Crippen molar-refractivity contribution < 1.29 is 82.9 Å². The van der Waals surface area contributed by atoms with Crippen LogP contribution in [0, 0.1) is 0 Å². The second kappa shape index (κ2) is 22.7. The third kappa shape index (κ3) is 12.2. The number of carbonyl (C=O) groups excluding carboxylic acids is 8. The van der Waals surface area contributed by atoms with Crippen LogP contribution in [0.4, 0.5) is 0 Å². The second-order valence-electron chi connectivity index (χ2n) is 18.0. The largest absolute Gasteiger partial charge is 0.508 e. The van der Waals surface area contributed by atoms with Gasteiger partial charge in [-0.1, -0.05) is 29.4 Å². The van der Waals surface area contributed by atoms with Gasteiger partial charge in [0.05, 0.1) is 54.3 Å². The number of aliphatic hydroxyl groups is 2. The molecule has 5 amide bonds. The molecule has 11 N–H and O–H groups in total. The quantitative estimate of drug-likeness (QED) is 0.0323. The number of oxime groups is 1. The zero-order valence-corrected chi connectivity index (χ0v) is 40.1. The first kappa shape index (κ1) is 53.9. The summed E-state index contributed by atoms with van der Waals surface area (Å²) in [4.78, 5) is 109. The molecular weight excluding hydrogens is 945 g/mol. The van der Waals surface area contributed by atoms with E-state index in [-0.39, 0.29) is 65.9 Å². The van der Waals surface area contributed by atoms with Gasteiger partial charge in [-0.2, -0.15) is 0 Å². The van der Waals surface area contributed by atoms with Crippen molar-refractivity contribution in [2.45, 2.75) is 121 Å². The van der Waals surface area contributed by atoms with Gasteiger partial charge in [0.2, 0.25) is 29.4 Å². The molecule has 6 rings (SSSR count). The van der Waals surface area contributed by atoms with Crippen molar-refractivity contribution in [3.63, 3.8) is 0 Å². The number of phenols is 3. The molecule has 0 radical (unpaired) electrons. The number of carbonyl (C=O) groups is 8. The number of phenolic OH excluding ortho intramolecular Hbond substituents is 3. The molecule has 72 heavy (non-hydrogen) atoms. The molecule has 1 heterocycles. The van der Waals surface area contributed by atoms with Gasteiger partial charge in [-0.25, -0.2) is 0 Å². The van der Waals surface area contributed by atoms with E-state index in [0.717, 1.165) is 6.92 Å². The van der Waals surface area contributed by atoms with E-state index < -0.39 is 144 Å². The first-order valence-electron chi connectivity index (χ1n) is 23.0. The number of rotatable bonds is 20. The molecule has 3 aliphatic rings. The number of nitrogens with two attached hydrogens (primary N) is 1. The number of hydrogen-bond acceptors (Lipinski definition) is 18. The molecule has 3 aromatic carbocycles. The van der Waals surface area contributed by atoms with E-state index >= 15 is 0 Å². The molecule has 0 bridgehead atoms. The van der Waals surface area contributed by atoms with E-state index in [1.807, 2.05) is 0 Å². The van der Waals surface area contributed by atoms with Crippen molar-refractivity contribution in [3.05, 3.63) is 81.4 Å². The second-order valence-corrected chi connectivity index (χ2v) is 18.0. The van der Waals surface area contributed by atoms with E-state index in [9.17, 15) is 63.9 Å². The van der Waals surface area contributed by atoms with Gasteiger partial charge in [0, 0.05) is 48.8 Å². The van der Waals surface area contributed by atoms with Crippen LogP contribution in [0.15, 0.2) is 47.6 Å². The number of aliphatic hydroxyl groups excluding tert-OH is 1. The zero-order valence-electron chi connectivity index (χ0n) is 40.1. The Kier molecular flexibility index (Phi) is 17.0. The SMILES string of the molecule is COc1cccc2c1C(=O)c1c(O)c3c(c(O)c1C2=O)C[C@@](O)(C(C)=O)C[C@@H]3OC1CC(NC(=O)CCCC(C)=NOCC(=O)N[C@@H](C)C(=O)N[C@@H](Cc2ccc(O)cc2)C(=O)NCC(N)=O)C(O)C(C)O1. The molecule has 1 aliphatic heterocycles. The molecule has 8 atom stereocenters. The molecule has 0 aromatic heterocycles. The van der Waals surface area contributed by atoms with E-state index in [4.69, 9.17) is 24.8 Å². The van der Waals surface area contributed by atoms with Gasteiger partial charge < -0.3 is 71.6 Å². The van der Waals surface area contributed by atoms with Gasteiger partial charge in [0.25, 0.3) is 5.91 Å². The summed E-state index contributed by atoms with van der Waals surface area (Å²) in [5, 5.41) is 69.6. The van der Waals surface area contributed by atoms with Crippen LogP contribution in [0.25, 0.3) is 0 Å². The Morgan fingerprint density at radius 2 is 1.61 bits per heavy atom. The minimum atomic E-state index is -2.15. The van der Waals surface area contributed by atoms with Crippen LogP contribution >= 0.6 is 0 Å². The molecule has 1 fully saturated rings. The van der Waals surface area contributed by atoms with Crippen molar-refractivity contribution in [1.29, 1.82) is 0 Å². The Morgan fingerprint density at radius 1 is 0.917 bits per heavy atom. The first-order chi connectivity index (χ1) is 34.0. The lowest BCUT2D eigenvalue weighted by molar-refractivity contribution is -0.249. The number of methoxy groups -OCH3 is 1. The van der Waals surface area contributed by atoms with E-state index in [1.54, 1.807) is 19.1 Å². The molecule has 0 saturated carbocycles. The monoisotopic (exact) mass is 1000 g/mol. The van der Waals surface area contributed by atoms with Crippen LogP contribution in [0.1, 0.15) is 114 Å². The van der Waals surface area contributed by atoms with Crippen molar-refractivity contribution in [1.82, 2.24) is 21.3 Å². The van der Waals surface area contributed by atoms with Crippen LogP contribution in [0.5, 0.6) is 23.0 Å². The number of amides is 5. The van der Waals surface area contributed by atoms with Crippen molar-refractivity contribution in [2.24, 2.45) is 10.9 Å². The lowest BCUT2D eigenvalue weighted by atomic mass is 9.72. The Hall–Kier alpha value is -7.47. The molecular formula is C49H58N6O17. The predicted octanol–water partition coefficient (Wildman–Crippen LogP) is 0.289. The van der Waals surface area contributed by atoms with Crippen molar-refractivity contribution in [2.75, 3.05) is 20.3 Å². The molecule has 4 unspecified atom stereocenters. The summed E-state index contributed by atoms with van der Waals surface area (Å²) >= 11 is 0. The number of primary amides is 1. The summed E-state index contributed by atoms with van der Waals surface area (Å²) < 4.78 is 17.6. The lowest BCUT2D eigenvalue weighted by Crippen LogP contribution is -2.55. The summed E-state index contributed by atoms with van der Waals surface area (Å²) in [5.74, 6) is -7.11. The van der Waals surface area contributed by atoms with E-state index in [1.165, 1.54) is 51.3 Å². The van der Waals surface area contributed by atoms with Crippen molar-refractivity contribution >= 4 is 52.6 Å². The van der Waals surface area contributed by atoms with Gasteiger partial charge in [-0.15, -0.1) is 0 Å². The predicted molar refractivity (Wildman–Crippen MR) is 251 cm³/mol. The number of hydrogen-bond donors (Lipinski definition) is 10. The number of nitrogens with zero attached hydrogens (tertiary/aromatic N) is 1. The maximum atomic E-state index is 14.0. The fourth-order valence-corrected chi connectivity index (χ4v) is 8.82. The lowest BCUT2D eigenvalue weighted by Gasteiger charge is -2.42. The molecule has 386 valence electrons. The van der Waals surface area contributed by atoms with E-state index in [0.29, 0.717) is 11.3 Å². The molecule has 2 aliphatic carbocycles. The molecule has 0 spiro atoms. The average molecular weight is 1000 g/mol.